The fourth-order valence-corrected chi connectivity index (χ4v) is 3.12. The van der Waals surface area contributed by atoms with E-state index in [1.165, 1.54) is 0 Å². The van der Waals surface area contributed by atoms with Gasteiger partial charge in [0.05, 0.1) is 5.92 Å². The molecule has 0 aromatic heterocycles. The van der Waals surface area contributed by atoms with E-state index in [1.807, 2.05) is 0 Å². The van der Waals surface area contributed by atoms with Crippen molar-refractivity contribution in [2.24, 2.45) is 23.2 Å². The van der Waals surface area contributed by atoms with Crippen molar-refractivity contribution >= 4 is 5.97 Å². The molecule has 1 fully saturated rings. The van der Waals surface area contributed by atoms with Crippen LogP contribution in [0.4, 0.5) is 0 Å². The Balaban J connectivity index is 2.20. The summed E-state index contributed by atoms with van der Waals surface area (Å²) in [7, 11) is 0. The largest absolute Gasteiger partial charge is 0.481 e. The molecule has 2 aliphatic rings. The number of hydrogen-bond acceptors (Lipinski definition) is 1. The Morgan fingerprint density at radius 1 is 1.64 bits per heavy atom. The number of rotatable bonds is 3. The minimum atomic E-state index is -0.607. The fourth-order valence-electron chi connectivity index (χ4n) is 3.12. The maximum absolute atomic E-state index is 11.0. The molecule has 2 aliphatic carbocycles. The van der Waals surface area contributed by atoms with Crippen LogP contribution in [0, 0.1) is 23.2 Å². The highest BCUT2D eigenvalue weighted by Crippen LogP contribution is 2.57. The van der Waals surface area contributed by atoms with Crippen LogP contribution in [0.25, 0.3) is 0 Å². The molecule has 2 bridgehead atoms. The summed E-state index contributed by atoms with van der Waals surface area (Å²) >= 11 is 0. The Labute approximate surface area is 85.0 Å². The number of aliphatic carboxylic acids is 1. The lowest BCUT2D eigenvalue weighted by Crippen LogP contribution is -2.25. The first kappa shape index (κ1) is 9.75. The van der Waals surface area contributed by atoms with Crippen molar-refractivity contribution in [2.45, 2.75) is 33.1 Å². The first-order valence-corrected chi connectivity index (χ1v) is 5.51. The third kappa shape index (κ3) is 1.20. The summed E-state index contributed by atoms with van der Waals surface area (Å²) in [5.41, 5.74) is 0.211. The first-order valence-electron chi connectivity index (χ1n) is 5.51. The molecule has 0 radical (unpaired) electrons. The molecule has 0 aromatic carbocycles. The summed E-state index contributed by atoms with van der Waals surface area (Å²) in [6.45, 7) is 4.44. The standard InChI is InChI=1S/C12H18O2/c1-3-8(2)12-5-4-9(6-12)10(7-12)11(13)14/h4-5,8-10H,3,6-7H2,1-2H3,(H,13,14). The molecule has 0 amide bonds. The van der Waals surface area contributed by atoms with Crippen molar-refractivity contribution < 1.29 is 9.90 Å². The van der Waals surface area contributed by atoms with Crippen LogP contribution in [-0.2, 0) is 4.79 Å². The molecular formula is C12H18O2. The van der Waals surface area contributed by atoms with E-state index in [-0.39, 0.29) is 11.3 Å². The highest BCUT2D eigenvalue weighted by atomic mass is 16.4. The van der Waals surface area contributed by atoms with Crippen molar-refractivity contribution in [3.63, 3.8) is 0 Å². The molecule has 0 heterocycles. The van der Waals surface area contributed by atoms with Crippen LogP contribution >= 0.6 is 0 Å². The lowest BCUT2D eigenvalue weighted by atomic mass is 9.73. The van der Waals surface area contributed by atoms with E-state index in [2.05, 4.69) is 26.0 Å². The van der Waals surface area contributed by atoms with Crippen LogP contribution < -0.4 is 0 Å². The van der Waals surface area contributed by atoms with Gasteiger partial charge in [0, 0.05) is 0 Å². The second-order valence-corrected chi connectivity index (χ2v) is 4.92. The van der Waals surface area contributed by atoms with Gasteiger partial charge in [-0.05, 0) is 30.1 Å². The molecule has 0 saturated heterocycles. The highest BCUT2D eigenvalue weighted by molar-refractivity contribution is 5.72. The number of hydrogen-bond donors (Lipinski definition) is 1. The van der Waals surface area contributed by atoms with E-state index in [4.69, 9.17) is 5.11 Å². The van der Waals surface area contributed by atoms with Gasteiger partial charge >= 0.3 is 5.97 Å². The van der Waals surface area contributed by atoms with Crippen molar-refractivity contribution in [2.75, 3.05) is 0 Å². The molecule has 2 heteroatoms. The quantitative estimate of drug-likeness (QED) is 0.701. The number of fused-ring (bicyclic) bond motifs is 2. The molecule has 14 heavy (non-hydrogen) atoms. The van der Waals surface area contributed by atoms with Crippen molar-refractivity contribution in [1.82, 2.24) is 0 Å². The van der Waals surface area contributed by atoms with E-state index < -0.39 is 5.97 Å². The van der Waals surface area contributed by atoms with Gasteiger partial charge in [-0.2, -0.15) is 0 Å². The minimum Gasteiger partial charge on any atom is -0.481 e. The Bertz CT molecular complexity index is 282. The normalized spacial score (nSPS) is 41.6. The molecule has 0 spiro atoms. The minimum absolute atomic E-state index is 0.117. The number of carbonyl (C=O) groups is 1. The van der Waals surface area contributed by atoms with Crippen LogP contribution in [0.1, 0.15) is 33.1 Å². The molecule has 2 rings (SSSR count). The zero-order chi connectivity index (χ0) is 10.3. The molecule has 0 aliphatic heterocycles. The van der Waals surface area contributed by atoms with Crippen LogP contribution in [0.5, 0.6) is 0 Å². The van der Waals surface area contributed by atoms with Gasteiger partial charge in [0.15, 0.2) is 0 Å². The van der Waals surface area contributed by atoms with Gasteiger partial charge in [-0.1, -0.05) is 32.4 Å². The van der Waals surface area contributed by atoms with Crippen molar-refractivity contribution in [3.05, 3.63) is 12.2 Å². The fraction of sp³-hybridized carbons (Fsp3) is 0.750. The lowest BCUT2D eigenvalue weighted by molar-refractivity contribution is -0.142. The van der Waals surface area contributed by atoms with Gasteiger partial charge in [0.1, 0.15) is 0 Å². The van der Waals surface area contributed by atoms with Crippen molar-refractivity contribution in [3.8, 4) is 0 Å². The SMILES string of the molecule is CCC(C)C12C=CC(C1)C(C(=O)O)C2. The van der Waals surface area contributed by atoms with E-state index in [0.717, 1.165) is 19.3 Å². The van der Waals surface area contributed by atoms with Crippen molar-refractivity contribution in [1.29, 1.82) is 0 Å². The first-order chi connectivity index (χ1) is 6.59. The van der Waals surface area contributed by atoms with Crippen LogP contribution in [-0.4, -0.2) is 11.1 Å². The molecule has 4 atom stereocenters. The van der Waals surface area contributed by atoms with E-state index >= 15 is 0 Å². The Kier molecular flexibility index (Phi) is 2.17. The molecule has 0 aromatic rings. The summed E-state index contributed by atoms with van der Waals surface area (Å²) in [4.78, 5) is 11.0. The van der Waals surface area contributed by atoms with Gasteiger partial charge in [0.2, 0.25) is 0 Å². The van der Waals surface area contributed by atoms with E-state index in [9.17, 15) is 4.79 Å². The van der Waals surface area contributed by atoms with Gasteiger partial charge in [-0.3, -0.25) is 4.79 Å². The van der Waals surface area contributed by atoms with Gasteiger partial charge < -0.3 is 5.11 Å². The molecular weight excluding hydrogens is 176 g/mol. The Morgan fingerprint density at radius 2 is 2.36 bits per heavy atom. The summed E-state index contributed by atoms with van der Waals surface area (Å²) in [5.74, 6) is 0.202. The number of carboxylic acids is 1. The van der Waals surface area contributed by atoms with Crippen LogP contribution in [0.2, 0.25) is 0 Å². The van der Waals surface area contributed by atoms with Gasteiger partial charge in [-0.15, -0.1) is 0 Å². The third-order valence-electron chi connectivity index (χ3n) is 4.32. The maximum Gasteiger partial charge on any atom is 0.307 e. The zero-order valence-electron chi connectivity index (χ0n) is 8.86. The van der Waals surface area contributed by atoms with Crippen LogP contribution in [0.3, 0.4) is 0 Å². The average molecular weight is 194 g/mol. The molecule has 2 nitrogen and oxygen atoms in total. The Morgan fingerprint density at radius 3 is 2.86 bits per heavy atom. The topological polar surface area (TPSA) is 37.3 Å². The predicted molar refractivity (Wildman–Crippen MR) is 54.9 cm³/mol. The Hall–Kier alpha value is -0.790. The second kappa shape index (κ2) is 3.11. The summed E-state index contributed by atoms with van der Waals surface area (Å²) in [6, 6.07) is 0. The maximum atomic E-state index is 11.0. The van der Waals surface area contributed by atoms with Crippen LogP contribution in [0.15, 0.2) is 12.2 Å². The third-order valence-corrected chi connectivity index (χ3v) is 4.32. The number of carboxylic acid groups (broad SMARTS) is 1. The molecule has 1 N–H and O–H groups in total. The zero-order valence-corrected chi connectivity index (χ0v) is 8.86. The molecule has 1 saturated carbocycles. The predicted octanol–water partition coefficient (Wildman–Crippen LogP) is 2.70. The van der Waals surface area contributed by atoms with Gasteiger partial charge in [0.25, 0.3) is 0 Å². The average Bonchev–Trinajstić information content (AvgIpc) is 2.74. The highest BCUT2D eigenvalue weighted by Gasteiger charge is 2.51. The van der Waals surface area contributed by atoms with E-state index in [0.29, 0.717) is 11.8 Å². The summed E-state index contributed by atoms with van der Waals surface area (Å²) in [6.07, 6.45) is 7.49. The molecule has 78 valence electrons. The number of allylic oxidation sites excluding steroid dienone is 2. The monoisotopic (exact) mass is 194 g/mol. The summed E-state index contributed by atoms with van der Waals surface area (Å²) in [5, 5.41) is 9.07. The molecule has 4 unspecified atom stereocenters. The van der Waals surface area contributed by atoms with Gasteiger partial charge in [-0.25, -0.2) is 0 Å². The smallest absolute Gasteiger partial charge is 0.307 e. The van der Waals surface area contributed by atoms with E-state index in [1.54, 1.807) is 0 Å². The second-order valence-electron chi connectivity index (χ2n) is 4.92. The summed E-state index contributed by atoms with van der Waals surface area (Å²) < 4.78 is 0. The lowest BCUT2D eigenvalue weighted by Gasteiger charge is -2.31.